The number of aliphatic hydroxyl groups is 1. The van der Waals surface area contributed by atoms with Crippen LogP contribution < -0.4 is 21.7 Å². The van der Waals surface area contributed by atoms with Gasteiger partial charge in [-0.3, -0.25) is 20.9 Å². The Balaban J connectivity index is 2.08. The number of likely N-dealkylation sites (N-methyl/N-ethyl adjacent to an activating group) is 1. The predicted molar refractivity (Wildman–Crippen MR) is 43.6 cm³/mol. The summed E-state index contributed by atoms with van der Waals surface area (Å²) in [6, 6.07) is 0.0230. The van der Waals surface area contributed by atoms with Crippen LogP contribution in [0.5, 0.6) is 0 Å². The number of nitrogens with two attached hydrogens (primary N) is 1. The van der Waals surface area contributed by atoms with Crippen LogP contribution in [0.4, 0.5) is 0 Å². The second kappa shape index (κ2) is 2.91. The number of rotatable bonds is 0. The zero-order valence-electron chi connectivity index (χ0n) is 6.99. The van der Waals surface area contributed by atoms with E-state index in [1.165, 1.54) is 0 Å². The van der Waals surface area contributed by atoms with Crippen molar-refractivity contribution >= 4 is 0 Å². The number of hydrogen-bond acceptors (Lipinski definition) is 6. The van der Waals surface area contributed by atoms with Crippen molar-refractivity contribution < 1.29 is 5.11 Å². The summed E-state index contributed by atoms with van der Waals surface area (Å²) >= 11 is 0. The largest absolute Gasteiger partial charge is 0.377 e. The summed E-state index contributed by atoms with van der Waals surface area (Å²) in [6.45, 7) is 0.772. The Labute approximate surface area is 71.1 Å². The molecule has 2 heterocycles. The highest BCUT2D eigenvalue weighted by Gasteiger charge is 2.40. The zero-order valence-corrected chi connectivity index (χ0v) is 6.99. The molecule has 2 saturated heterocycles. The lowest BCUT2D eigenvalue weighted by atomic mass is 10.1. The maximum absolute atomic E-state index is 9.55. The maximum Gasteiger partial charge on any atom is 0.125 e. The average molecular weight is 173 g/mol. The van der Waals surface area contributed by atoms with Crippen molar-refractivity contribution in [2.75, 3.05) is 13.7 Å². The first-order valence-corrected chi connectivity index (χ1v) is 4.08. The van der Waals surface area contributed by atoms with Gasteiger partial charge in [-0.05, 0) is 7.05 Å². The molecule has 0 aromatic carbocycles. The number of nitrogens with zero attached hydrogens (tertiary/aromatic N) is 1. The molecule has 4 unspecified atom stereocenters. The van der Waals surface area contributed by atoms with Gasteiger partial charge in [-0.2, -0.15) is 0 Å². The third-order valence-corrected chi connectivity index (χ3v) is 2.43. The van der Waals surface area contributed by atoms with Crippen molar-refractivity contribution in [3.05, 3.63) is 0 Å². The fraction of sp³-hybridized carbons (Fsp3) is 1.00. The van der Waals surface area contributed by atoms with Crippen LogP contribution in [0.25, 0.3) is 0 Å². The Bertz CT molecular complexity index is 177. The minimum atomic E-state index is -0.573. The predicted octanol–water partition coefficient (Wildman–Crippen LogP) is -3.07. The van der Waals surface area contributed by atoms with E-state index in [-0.39, 0.29) is 18.5 Å². The first-order chi connectivity index (χ1) is 5.68. The van der Waals surface area contributed by atoms with Crippen molar-refractivity contribution in [3.8, 4) is 0 Å². The quantitative estimate of drug-likeness (QED) is 0.267. The van der Waals surface area contributed by atoms with Gasteiger partial charge in [0.1, 0.15) is 12.5 Å². The van der Waals surface area contributed by atoms with Gasteiger partial charge in [0.25, 0.3) is 0 Å². The van der Waals surface area contributed by atoms with Crippen LogP contribution in [0.2, 0.25) is 0 Å². The molecule has 6 heteroatoms. The zero-order chi connectivity index (χ0) is 8.72. The van der Waals surface area contributed by atoms with E-state index in [0.29, 0.717) is 0 Å². The molecule has 4 atom stereocenters. The van der Waals surface area contributed by atoms with Gasteiger partial charge >= 0.3 is 0 Å². The summed E-state index contributed by atoms with van der Waals surface area (Å²) in [4.78, 5) is 2.08. The monoisotopic (exact) mass is 173 g/mol. The number of aliphatic hydroxyl groups excluding tert-OH is 1. The molecule has 0 amide bonds. The Hall–Kier alpha value is -0.240. The van der Waals surface area contributed by atoms with Gasteiger partial charge in [-0.15, -0.1) is 0 Å². The molecular formula is C6H15N5O. The Morgan fingerprint density at radius 1 is 1.50 bits per heavy atom. The van der Waals surface area contributed by atoms with Crippen LogP contribution in [-0.2, 0) is 0 Å². The smallest absolute Gasteiger partial charge is 0.125 e. The molecule has 0 aromatic heterocycles. The minimum absolute atomic E-state index is 0.0230. The van der Waals surface area contributed by atoms with Gasteiger partial charge in [0.05, 0.1) is 12.2 Å². The first-order valence-electron chi connectivity index (χ1n) is 4.08. The van der Waals surface area contributed by atoms with Crippen molar-refractivity contribution in [2.45, 2.75) is 24.7 Å². The molecule has 0 saturated carbocycles. The second-order valence-corrected chi connectivity index (χ2v) is 3.35. The molecule has 0 aromatic rings. The molecule has 6 nitrogen and oxygen atoms in total. The van der Waals surface area contributed by atoms with Crippen LogP contribution in [0.3, 0.4) is 0 Å². The topological polar surface area (TPSA) is 85.6 Å². The average Bonchev–Trinajstić information content (AvgIpc) is 2.33. The molecule has 2 fully saturated rings. The molecule has 0 radical (unpaired) electrons. The van der Waals surface area contributed by atoms with E-state index >= 15 is 0 Å². The SMILES string of the molecule is CN1CNC2C(O)NC(N)NC21. The minimum Gasteiger partial charge on any atom is -0.377 e. The molecule has 0 spiro atoms. The molecular weight excluding hydrogens is 158 g/mol. The van der Waals surface area contributed by atoms with E-state index in [1.54, 1.807) is 0 Å². The van der Waals surface area contributed by atoms with E-state index < -0.39 is 6.23 Å². The fourth-order valence-electron chi connectivity index (χ4n) is 1.77. The van der Waals surface area contributed by atoms with E-state index in [2.05, 4.69) is 20.9 Å². The third-order valence-electron chi connectivity index (χ3n) is 2.43. The summed E-state index contributed by atoms with van der Waals surface area (Å²) in [5.74, 6) is 0. The molecule has 2 rings (SSSR count). The van der Waals surface area contributed by atoms with Gasteiger partial charge in [-0.1, -0.05) is 0 Å². The lowest BCUT2D eigenvalue weighted by Gasteiger charge is -2.37. The van der Waals surface area contributed by atoms with Gasteiger partial charge < -0.3 is 10.8 Å². The molecule has 12 heavy (non-hydrogen) atoms. The van der Waals surface area contributed by atoms with Crippen LogP contribution in [0.1, 0.15) is 0 Å². The van der Waals surface area contributed by atoms with E-state index in [4.69, 9.17) is 5.73 Å². The summed E-state index contributed by atoms with van der Waals surface area (Å²) in [5.41, 5.74) is 5.61. The lowest BCUT2D eigenvalue weighted by molar-refractivity contribution is 0.0215. The van der Waals surface area contributed by atoms with E-state index in [1.807, 2.05) is 7.05 Å². The summed E-state index contributed by atoms with van der Waals surface area (Å²) in [6.07, 6.45) is -0.781. The van der Waals surface area contributed by atoms with Gasteiger partial charge in [0.15, 0.2) is 0 Å². The third kappa shape index (κ3) is 1.22. The van der Waals surface area contributed by atoms with Crippen LogP contribution in [0, 0.1) is 0 Å². The fourth-order valence-corrected chi connectivity index (χ4v) is 1.77. The van der Waals surface area contributed by atoms with Crippen molar-refractivity contribution in [3.63, 3.8) is 0 Å². The van der Waals surface area contributed by atoms with Gasteiger partial charge in [0, 0.05) is 6.67 Å². The van der Waals surface area contributed by atoms with Crippen molar-refractivity contribution in [2.24, 2.45) is 5.73 Å². The highest BCUT2D eigenvalue weighted by Crippen LogP contribution is 2.12. The van der Waals surface area contributed by atoms with Crippen molar-refractivity contribution in [1.29, 1.82) is 0 Å². The summed E-state index contributed by atoms with van der Waals surface area (Å²) < 4.78 is 0. The number of nitrogens with one attached hydrogen (secondary N) is 3. The van der Waals surface area contributed by atoms with Crippen LogP contribution >= 0.6 is 0 Å². The van der Waals surface area contributed by atoms with Crippen molar-refractivity contribution in [1.82, 2.24) is 20.9 Å². The molecule has 6 N–H and O–H groups in total. The van der Waals surface area contributed by atoms with E-state index in [9.17, 15) is 5.11 Å². The van der Waals surface area contributed by atoms with E-state index in [0.717, 1.165) is 6.67 Å². The van der Waals surface area contributed by atoms with Crippen LogP contribution in [0.15, 0.2) is 0 Å². The maximum atomic E-state index is 9.55. The normalized spacial score (nSPS) is 49.2. The Morgan fingerprint density at radius 2 is 2.25 bits per heavy atom. The Morgan fingerprint density at radius 3 is 3.00 bits per heavy atom. The Kier molecular flexibility index (Phi) is 2.03. The molecule has 0 aliphatic carbocycles. The molecule has 2 aliphatic heterocycles. The molecule has 0 bridgehead atoms. The summed E-state index contributed by atoms with van der Waals surface area (Å²) in [5, 5.41) is 18.7. The summed E-state index contributed by atoms with van der Waals surface area (Å²) in [7, 11) is 1.98. The second-order valence-electron chi connectivity index (χ2n) is 3.35. The number of hydrogen-bond donors (Lipinski definition) is 5. The van der Waals surface area contributed by atoms with Crippen LogP contribution in [-0.4, -0.2) is 48.4 Å². The molecule has 70 valence electrons. The standard InChI is InChI=1S/C6H15N5O/c1-11-2-8-3-4(11)9-6(7)10-5(3)12/h3-6,8-10,12H,2,7H2,1H3. The first kappa shape index (κ1) is 8.36. The lowest BCUT2D eigenvalue weighted by Crippen LogP contribution is -2.71. The molecule has 2 aliphatic rings. The number of fused-ring (bicyclic) bond motifs is 1. The van der Waals surface area contributed by atoms with Gasteiger partial charge in [0.2, 0.25) is 0 Å². The highest BCUT2D eigenvalue weighted by atomic mass is 16.3. The highest BCUT2D eigenvalue weighted by molar-refractivity contribution is 4.95. The van der Waals surface area contributed by atoms with Gasteiger partial charge in [-0.25, -0.2) is 0 Å².